The minimum Gasteiger partial charge on any atom is -0.464 e. The van der Waals surface area contributed by atoms with Gasteiger partial charge in [-0.15, -0.1) is 0 Å². The lowest BCUT2D eigenvalue weighted by Gasteiger charge is -2.24. The number of benzene rings is 2. The third kappa shape index (κ3) is 2.86. The minimum atomic E-state index is -0.0349. The Bertz CT molecular complexity index is 1030. The lowest BCUT2D eigenvalue weighted by Crippen LogP contribution is -2.20. The molecular weight excluding hydrogens is 308 g/mol. The molecule has 2 heteroatoms. The molecule has 2 aromatic carbocycles. The van der Waals surface area contributed by atoms with Gasteiger partial charge >= 0.3 is 0 Å². The van der Waals surface area contributed by atoms with Crippen molar-refractivity contribution in [2.75, 3.05) is 0 Å². The molecule has 0 fully saturated rings. The molecule has 0 aliphatic heterocycles. The Kier molecular flexibility index (Phi) is 3.72. The van der Waals surface area contributed by atoms with Crippen molar-refractivity contribution < 1.29 is 8.83 Å². The van der Waals surface area contributed by atoms with Crippen LogP contribution in [-0.2, 0) is 11.8 Å². The SMILES string of the molecule is CC(C)c1cccc2cc(CC(C)(C)c3ccc4ccoc4c3)oc12. The summed E-state index contributed by atoms with van der Waals surface area (Å²) in [7, 11) is 0. The van der Waals surface area contributed by atoms with Gasteiger partial charge < -0.3 is 8.83 Å². The topological polar surface area (TPSA) is 26.3 Å². The molecule has 0 bridgehead atoms. The second kappa shape index (κ2) is 5.80. The molecule has 0 aliphatic carbocycles. The molecule has 0 N–H and O–H groups in total. The van der Waals surface area contributed by atoms with E-state index < -0.39 is 0 Å². The van der Waals surface area contributed by atoms with Gasteiger partial charge in [-0.2, -0.15) is 0 Å². The fourth-order valence-electron chi connectivity index (χ4n) is 3.59. The zero-order chi connectivity index (χ0) is 17.6. The van der Waals surface area contributed by atoms with E-state index in [1.807, 2.05) is 6.07 Å². The van der Waals surface area contributed by atoms with Crippen LogP contribution in [-0.4, -0.2) is 0 Å². The Labute approximate surface area is 148 Å². The van der Waals surface area contributed by atoms with Crippen LogP contribution < -0.4 is 0 Å². The summed E-state index contributed by atoms with van der Waals surface area (Å²) in [4.78, 5) is 0. The number of furan rings is 2. The molecule has 2 heterocycles. The van der Waals surface area contributed by atoms with Gasteiger partial charge in [0.1, 0.15) is 16.9 Å². The van der Waals surface area contributed by atoms with Gasteiger partial charge in [-0.05, 0) is 40.7 Å². The van der Waals surface area contributed by atoms with E-state index in [-0.39, 0.29) is 5.41 Å². The maximum Gasteiger partial charge on any atom is 0.137 e. The highest BCUT2D eigenvalue weighted by Gasteiger charge is 2.24. The molecule has 0 amide bonds. The first-order valence-corrected chi connectivity index (χ1v) is 8.93. The number of hydrogen-bond donors (Lipinski definition) is 0. The number of hydrogen-bond acceptors (Lipinski definition) is 2. The van der Waals surface area contributed by atoms with Crippen molar-refractivity contribution in [3.63, 3.8) is 0 Å². The molecule has 0 unspecified atom stereocenters. The van der Waals surface area contributed by atoms with E-state index in [2.05, 4.69) is 70.2 Å². The van der Waals surface area contributed by atoms with Crippen molar-refractivity contribution in [2.45, 2.75) is 45.4 Å². The molecule has 0 spiro atoms. The monoisotopic (exact) mass is 332 g/mol. The van der Waals surface area contributed by atoms with E-state index in [1.54, 1.807) is 6.26 Å². The van der Waals surface area contributed by atoms with Gasteiger partial charge in [0.05, 0.1) is 6.26 Å². The fourth-order valence-corrected chi connectivity index (χ4v) is 3.59. The molecule has 4 rings (SSSR count). The smallest absolute Gasteiger partial charge is 0.137 e. The lowest BCUT2D eigenvalue weighted by atomic mass is 9.80. The predicted octanol–water partition coefficient (Wildman–Crippen LogP) is 6.82. The van der Waals surface area contributed by atoms with E-state index in [0.29, 0.717) is 5.92 Å². The van der Waals surface area contributed by atoms with Gasteiger partial charge in [0, 0.05) is 17.2 Å². The zero-order valence-electron chi connectivity index (χ0n) is 15.3. The van der Waals surface area contributed by atoms with Gasteiger partial charge in [-0.3, -0.25) is 0 Å². The molecule has 0 saturated heterocycles. The van der Waals surface area contributed by atoms with Crippen molar-refractivity contribution in [1.82, 2.24) is 0 Å². The minimum absolute atomic E-state index is 0.0349. The van der Waals surface area contributed by atoms with Gasteiger partial charge in [0.25, 0.3) is 0 Å². The molecule has 0 radical (unpaired) electrons. The number of rotatable bonds is 4. The van der Waals surface area contributed by atoms with Crippen LogP contribution in [0.3, 0.4) is 0 Å². The summed E-state index contributed by atoms with van der Waals surface area (Å²) in [6.07, 6.45) is 2.60. The van der Waals surface area contributed by atoms with Crippen LogP contribution in [0, 0.1) is 0 Å². The summed E-state index contributed by atoms with van der Waals surface area (Å²) < 4.78 is 11.8. The maximum atomic E-state index is 6.27. The summed E-state index contributed by atoms with van der Waals surface area (Å²) in [6.45, 7) is 8.93. The van der Waals surface area contributed by atoms with E-state index >= 15 is 0 Å². The summed E-state index contributed by atoms with van der Waals surface area (Å²) in [5, 5.41) is 2.34. The highest BCUT2D eigenvalue weighted by molar-refractivity contribution is 5.82. The fraction of sp³-hybridized carbons (Fsp3) is 0.304. The Balaban J connectivity index is 1.70. The molecular formula is C23H24O2. The second-order valence-electron chi connectivity index (χ2n) is 7.87. The molecule has 128 valence electrons. The molecule has 0 saturated carbocycles. The van der Waals surface area contributed by atoms with E-state index in [0.717, 1.165) is 28.7 Å². The van der Waals surface area contributed by atoms with Gasteiger partial charge in [-0.25, -0.2) is 0 Å². The summed E-state index contributed by atoms with van der Waals surface area (Å²) >= 11 is 0. The Morgan fingerprint density at radius 3 is 2.60 bits per heavy atom. The Hall–Kier alpha value is -2.48. The van der Waals surface area contributed by atoms with Gasteiger partial charge in [0.2, 0.25) is 0 Å². The summed E-state index contributed by atoms with van der Waals surface area (Å²) in [5.74, 6) is 1.49. The largest absolute Gasteiger partial charge is 0.464 e. The average Bonchev–Trinajstić information content (AvgIpc) is 3.18. The maximum absolute atomic E-state index is 6.27. The third-order valence-electron chi connectivity index (χ3n) is 5.10. The molecule has 25 heavy (non-hydrogen) atoms. The highest BCUT2D eigenvalue weighted by atomic mass is 16.3. The van der Waals surface area contributed by atoms with Crippen LogP contribution in [0.15, 0.2) is 63.6 Å². The van der Waals surface area contributed by atoms with E-state index in [4.69, 9.17) is 8.83 Å². The first-order valence-electron chi connectivity index (χ1n) is 8.93. The summed E-state index contributed by atoms with van der Waals surface area (Å²) in [6, 6.07) is 17.1. The molecule has 2 nitrogen and oxygen atoms in total. The molecule has 2 aromatic heterocycles. The number of fused-ring (bicyclic) bond motifs is 2. The predicted molar refractivity (Wildman–Crippen MR) is 103 cm³/mol. The lowest BCUT2D eigenvalue weighted by molar-refractivity contribution is 0.445. The van der Waals surface area contributed by atoms with Crippen LogP contribution in [0.5, 0.6) is 0 Å². The first kappa shape index (κ1) is 16.0. The van der Waals surface area contributed by atoms with Crippen LogP contribution in [0.25, 0.3) is 21.9 Å². The van der Waals surface area contributed by atoms with E-state index in [1.165, 1.54) is 16.5 Å². The quantitative estimate of drug-likeness (QED) is 0.410. The zero-order valence-corrected chi connectivity index (χ0v) is 15.3. The van der Waals surface area contributed by atoms with Gasteiger partial charge in [0.15, 0.2) is 0 Å². The third-order valence-corrected chi connectivity index (χ3v) is 5.10. The van der Waals surface area contributed by atoms with Crippen LogP contribution in [0.2, 0.25) is 0 Å². The average molecular weight is 332 g/mol. The summed E-state index contributed by atoms with van der Waals surface area (Å²) in [5.41, 5.74) is 4.48. The Morgan fingerprint density at radius 1 is 0.960 bits per heavy atom. The van der Waals surface area contributed by atoms with Crippen molar-refractivity contribution in [1.29, 1.82) is 0 Å². The van der Waals surface area contributed by atoms with Crippen LogP contribution in [0.4, 0.5) is 0 Å². The van der Waals surface area contributed by atoms with Crippen molar-refractivity contribution in [2.24, 2.45) is 0 Å². The van der Waals surface area contributed by atoms with Crippen molar-refractivity contribution in [3.8, 4) is 0 Å². The molecule has 0 atom stereocenters. The van der Waals surface area contributed by atoms with Crippen LogP contribution in [0.1, 0.15) is 50.5 Å². The van der Waals surface area contributed by atoms with Gasteiger partial charge in [-0.1, -0.05) is 58.0 Å². The van der Waals surface area contributed by atoms with E-state index in [9.17, 15) is 0 Å². The second-order valence-corrected chi connectivity index (χ2v) is 7.87. The van der Waals surface area contributed by atoms with Crippen molar-refractivity contribution >= 4 is 21.9 Å². The normalized spacial score (nSPS) is 12.5. The standard InChI is InChI=1S/C23H24O2/c1-15(2)20-7-5-6-17-12-19(25-22(17)20)14-23(3,4)18-9-8-16-10-11-24-21(16)13-18/h5-13,15H,14H2,1-4H3. The Morgan fingerprint density at radius 2 is 1.80 bits per heavy atom. The molecule has 0 aliphatic rings. The highest BCUT2D eigenvalue weighted by Crippen LogP contribution is 2.34. The first-order chi connectivity index (χ1) is 11.9. The molecule has 4 aromatic rings. The van der Waals surface area contributed by atoms with Crippen molar-refractivity contribution in [3.05, 3.63) is 71.7 Å². The van der Waals surface area contributed by atoms with Crippen LogP contribution >= 0.6 is 0 Å². The number of para-hydroxylation sites is 1.